The van der Waals surface area contributed by atoms with E-state index >= 15 is 0 Å². The molecule has 0 unspecified atom stereocenters. The van der Waals surface area contributed by atoms with E-state index in [1.54, 1.807) is 30.5 Å². The molecule has 0 saturated heterocycles. The van der Waals surface area contributed by atoms with Gasteiger partial charge in [-0.25, -0.2) is 22.2 Å². The first-order chi connectivity index (χ1) is 14.8. The lowest BCUT2D eigenvalue weighted by Crippen LogP contribution is -2.28. The number of sulfonamides is 1. The molecule has 0 radical (unpaired) electrons. The van der Waals surface area contributed by atoms with Gasteiger partial charge < -0.3 is 4.42 Å². The van der Waals surface area contributed by atoms with Gasteiger partial charge in [-0.3, -0.25) is 4.31 Å². The van der Waals surface area contributed by atoms with Crippen LogP contribution in [0.15, 0.2) is 82.4 Å². The fraction of sp³-hybridized carbons (Fsp3) is 0.0870. The predicted octanol–water partition coefficient (Wildman–Crippen LogP) is 5.42. The van der Waals surface area contributed by atoms with E-state index < -0.39 is 26.6 Å². The van der Waals surface area contributed by atoms with Gasteiger partial charge in [-0.2, -0.15) is 0 Å². The molecule has 0 N–H and O–H groups in total. The zero-order chi connectivity index (χ0) is 22.2. The van der Waals surface area contributed by atoms with Crippen LogP contribution in [0.3, 0.4) is 0 Å². The molecule has 0 bridgehead atoms. The molecule has 158 valence electrons. The van der Waals surface area contributed by atoms with Gasteiger partial charge in [0.15, 0.2) is 4.90 Å². The van der Waals surface area contributed by atoms with Crippen LogP contribution >= 0.6 is 0 Å². The largest absolute Gasteiger partial charge is 0.445 e. The average molecular weight is 440 g/mol. The molecule has 1 aromatic heterocycles. The number of rotatable bonds is 5. The lowest BCUT2D eigenvalue weighted by molar-refractivity contribution is 0.518. The van der Waals surface area contributed by atoms with Gasteiger partial charge in [0, 0.05) is 12.6 Å². The molecular formula is C23H18F2N2O3S. The van der Waals surface area contributed by atoms with Crippen molar-refractivity contribution in [3.05, 3.63) is 90.3 Å². The summed E-state index contributed by atoms with van der Waals surface area (Å²) in [4.78, 5) is 3.18. The van der Waals surface area contributed by atoms with Gasteiger partial charge in [0.2, 0.25) is 5.89 Å². The van der Waals surface area contributed by atoms with Crippen molar-refractivity contribution in [2.24, 2.45) is 0 Å². The van der Waals surface area contributed by atoms with Crippen molar-refractivity contribution in [3.8, 4) is 22.6 Å². The first-order valence-corrected chi connectivity index (χ1v) is 10.8. The molecule has 3 aromatic carbocycles. The number of oxazole rings is 1. The zero-order valence-electron chi connectivity index (χ0n) is 16.7. The molecule has 0 fully saturated rings. The molecule has 8 heteroatoms. The van der Waals surface area contributed by atoms with Crippen molar-refractivity contribution in [3.63, 3.8) is 0 Å². The summed E-state index contributed by atoms with van der Waals surface area (Å²) in [6.07, 6.45) is 3.07. The Morgan fingerprint density at radius 3 is 2.19 bits per heavy atom. The van der Waals surface area contributed by atoms with E-state index in [-0.39, 0.29) is 5.69 Å². The average Bonchev–Trinajstić information content (AvgIpc) is 3.28. The van der Waals surface area contributed by atoms with Gasteiger partial charge in [0.1, 0.15) is 17.9 Å². The fourth-order valence-electron chi connectivity index (χ4n) is 3.29. The smallest absolute Gasteiger partial charge is 0.269 e. The second kappa shape index (κ2) is 7.96. The molecule has 1 heterocycles. The van der Waals surface area contributed by atoms with Gasteiger partial charge in [-0.1, -0.05) is 24.3 Å². The van der Waals surface area contributed by atoms with E-state index in [1.807, 2.05) is 25.1 Å². The monoisotopic (exact) mass is 440 g/mol. The van der Waals surface area contributed by atoms with Crippen LogP contribution in [-0.2, 0) is 10.0 Å². The molecule has 0 aliphatic rings. The van der Waals surface area contributed by atoms with Crippen molar-refractivity contribution >= 4 is 15.7 Å². The summed E-state index contributed by atoms with van der Waals surface area (Å²) in [6.45, 7) is 1.96. The molecule has 0 aliphatic carbocycles. The van der Waals surface area contributed by atoms with Gasteiger partial charge in [0.25, 0.3) is 10.0 Å². The summed E-state index contributed by atoms with van der Waals surface area (Å²) in [6, 6.07) is 15.4. The van der Waals surface area contributed by atoms with E-state index in [9.17, 15) is 17.2 Å². The number of hydrogen-bond donors (Lipinski definition) is 0. The van der Waals surface area contributed by atoms with E-state index in [2.05, 4.69) is 4.98 Å². The third-order valence-corrected chi connectivity index (χ3v) is 6.83. The van der Waals surface area contributed by atoms with Crippen LogP contribution in [0.2, 0.25) is 0 Å². The standard InChI is InChI=1S/C23H18F2N2O3S/c1-15-6-7-17(23-26-12-13-30-23)14-19(15)16-8-10-18(11-9-16)27(2)31(28,29)22-20(24)4-3-5-21(22)25/h3-14H,1-2H3. The van der Waals surface area contributed by atoms with Gasteiger partial charge in [0.05, 0.1) is 11.9 Å². The SMILES string of the molecule is Cc1ccc(-c2ncco2)cc1-c1ccc(N(C)S(=O)(=O)c2c(F)cccc2F)cc1. The molecule has 5 nitrogen and oxygen atoms in total. The van der Waals surface area contributed by atoms with E-state index in [0.29, 0.717) is 5.89 Å². The molecular weight excluding hydrogens is 422 g/mol. The Morgan fingerprint density at radius 2 is 1.58 bits per heavy atom. The summed E-state index contributed by atoms with van der Waals surface area (Å²) >= 11 is 0. The second-order valence-electron chi connectivity index (χ2n) is 6.94. The first-order valence-electron chi connectivity index (χ1n) is 9.33. The topological polar surface area (TPSA) is 63.4 Å². The van der Waals surface area contributed by atoms with Crippen LogP contribution in [0, 0.1) is 18.6 Å². The zero-order valence-corrected chi connectivity index (χ0v) is 17.5. The number of hydrogen-bond acceptors (Lipinski definition) is 4. The molecule has 4 aromatic rings. The summed E-state index contributed by atoms with van der Waals surface area (Å²) in [5.74, 6) is -1.78. The number of benzene rings is 3. The predicted molar refractivity (Wildman–Crippen MR) is 114 cm³/mol. The Kier molecular flexibility index (Phi) is 5.32. The number of aromatic nitrogens is 1. The number of anilines is 1. The highest BCUT2D eigenvalue weighted by atomic mass is 32.2. The van der Waals surface area contributed by atoms with Gasteiger partial charge >= 0.3 is 0 Å². The normalized spacial score (nSPS) is 11.5. The maximum absolute atomic E-state index is 14.0. The van der Waals surface area contributed by atoms with E-state index in [1.165, 1.54) is 13.3 Å². The van der Waals surface area contributed by atoms with Crippen LogP contribution in [0.4, 0.5) is 14.5 Å². The Balaban J connectivity index is 1.68. The van der Waals surface area contributed by atoms with Crippen LogP contribution in [0.5, 0.6) is 0 Å². The highest BCUT2D eigenvalue weighted by Gasteiger charge is 2.28. The second-order valence-corrected chi connectivity index (χ2v) is 8.84. The Bertz CT molecular complexity index is 1320. The van der Waals surface area contributed by atoms with Crippen LogP contribution in [0.1, 0.15) is 5.56 Å². The summed E-state index contributed by atoms with van der Waals surface area (Å²) < 4.78 is 59.9. The summed E-state index contributed by atoms with van der Waals surface area (Å²) in [5, 5.41) is 0. The third-order valence-electron chi connectivity index (χ3n) is 5.00. The van der Waals surface area contributed by atoms with Crippen LogP contribution in [0.25, 0.3) is 22.6 Å². The van der Waals surface area contributed by atoms with Gasteiger partial charge in [-0.05, 0) is 60.0 Å². The quantitative estimate of drug-likeness (QED) is 0.416. The molecule has 0 aliphatic heterocycles. The number of halogens is 2. The Morgan fingerprint density at radius 1 is 0.935 bits per heavy atom. The van der Waals surface area contributed by atoms with Crippen molar-refractivity contribution in [1.29, 1.82) is 0 Å². The number of aryl methyl sites for hydroxylation is 1. The fourth-order valence-corrected chi connectivity index (χ4v) is 4.59. The third kappa shape index (κ3) is 3.82. The minimum atomic E-state index is -4.41. The highest BCUT2D eigenvalue weighted by molar-refractivity contribution is 7.92. The lowest BCUT2D eigenvalue weighted by atomic mass is 9.98. The van der Waals surface area contributed by atoms with Crippen molar-refractivity contribution in [1.82, 2.24) is 4.98 Å². The maximum atomic E-state index is 14.0. The molecule has 0 saturated carbocycles. The molecule has 31 heavy (non-hydrogen) atoms. The highest BCUT2D eigenvalue weighted by Crippen LogP contribution is 2.31. The van der Waals surface area contributed by atoms with Crippen molar-refractivity contribution in [2.75, 3.05) is 11.4 Å². The van der Waals surface area contributed by atoms with E-state index in [4.69, 9.17) is 4.42 Å². The van der Waals surface area contributed by atoms with E-state index in [0.717, 1.165) is 44.8 Å². The molecule has 0 spiro atoms. The maximum Gasteiger partial charge on any atom is 0.269 e. The lowest BCUT2D eigenvalue weighted by Gasteiger charge is -2.20. The first kappa shape index (κ1) is 20.7. The molecule has 0 atom stereocenters. The van der Waals surface area contributed by atoms with Gasteiger partial charge in [-0.15, -0.1) is 0 Å². The number of nitrogens with zero attached hydrogens (tertiary/aromatic N) is 2. The summed E-state index contributed by atoms with van der Waals surface area (Å²) in [5.41, 5.74) is 3.86. The van der Waals surface area contributed by atoms with Crippen LogP contribution in [-0.4, -0.2) is 20.4 Å². The molecule has 4 rings (SSSR count). The van der Waals surface area contributed by atoms with Crippen molar-refractivity contribution < 1.29 is 21.6 Å². The minimum Gasteiger partial charge on any atom is -0.445 e. The minimum absolute atomic E-state index is 0.271. The van der Waals surface area contributed by atoms with Crippen LogP contribution < -0.4 is 4.31 Å². The summed E-state index contributed by atoms with van der Waals surface area (Å²) in [7, 11) is -3.16. The Hall–Kier alpha value is -3.52. The Labute approximate surface area is 178 Å². The molecule has 0 amide bonds. The van der Waals surface area contributed by atoms with Crippen molar-refractivity contribution in [2.45, 2.75) is 11.8 Å².